The number of amides is 1. The molecular formula is C20H25N3O3S. The Morgan fingerprint density at radius 3 is 2.74 bits per heavy atom. The lowest BCUT2D eigenvalue weighted by Crippen LogP contribution is -2.67. The number of carbonyl (C=O) groups excluding carboxylic acids is 1. The Labute approximate surface area is 163 Å². The van der Waals surface area contributed by atoms with Crippen molar-refractivity contribution < 1.29 is 14.1 Å². The number of aryl methyl sites for hydroxylation is 3. The minimum absolute atomic E-state index is 0.0898. The third kappa shape index (κ3) is 3.46. The Kier molecular flexibility index (Phi) is 4.90. The van der Waals surface area contributed by atoms with Crippen LogP contribution in [0, 0.1) is 19.3 Å². The summed E-state index contributed by atoms with van der Waals surface area (Å²) in [6.07, 6.45) is 7.09. The molecule has 2 aromatic rings. The second-order valence-electron chi connectivity index (χ2n) is 7.66. The maximum absolute atomic E-state index is 12.8. The Hall–Kier alpha value is -1.99. The normalized spacial score (nSPS) is 18.1. The zero-order chi connectivity index (χ0) is 19.0. The summed E-state index contributed by atoms with van der Waals surface area (Å²) in [4.78, 5) is 20.0. The van der Waals surface area contributed by atoms with Gasteiger partial charge in [-0.15, -0.1) is 11.3 Å². The molecule has 1 spiro atoms. The number of hydrogen-bond acceptors (Lipinski definition) is 6. The molecule has 0 saturated carbocycles. The summed E-state index contributed by atoms with van der Waals surface area (Å²) in [5.74, 6) is 0.905. The third-order valence-corrected chi connectivity index (χ3v) is 6.42. The fraction of sp³-hybridized carbons (Fsp3) is 0.550. The Morgan fingerprint density at radius 1 is 1.30 bits per heavy atom. The van der Waals surface area contributed by atoms with Gasteiger partial charge in [-0.1, -0.05) is 18.5 Å². The molecular weight excluding hydrogens is 362 g/mol. The van der Waals surface area contributed by atoms with Gasteiger partial charge in [-0.05, 0) is 38.8 Å². The summed E-state index contributed by atoms with van der Waals surface area (Å²) in [6, 6.07) is 0. The molecule has 2 saturated heterocycles. The van der Waals surface area contributed by atoms with E-state index >= 15 is 0 Å². The molecule has 7 heteroatoms. The number of likely N-dealkylation sites (tertiary alicyclic amines) is 1. The van der Waals surface area contributed by atoms with Gasteiger partial charge in [0.1, 0.15) is 15.6 Å². The highest BCUT2D eigenvalue weighted by atomic mass is 32.1. The first-order chi connectivity index (χ1) is 13.0. The average molecular weight is 388 g/mol. The predicted octanol–water partition coefficient (Wildman–Crippen LogP) is 3.73. The van der Waals surface area contributed by atoms with Gasteiger partial charge in [0.2, 0.25) is 0 Å². The smallest absolute Gasteiger partial charge is 0.265 e. The van der Waals surface area contributed by atoms with E-state index in [0.717, 1.165) is 78.2 Å². The van der Waals surface area contributed by atoms with Crippen molar-refractivity contribution in [2.24, 2.45) is 5.41 Å². The van der Waals surface area contributed by atoms with Crippen LogP contribution >= 0.6 is 11.3 Å². The lowest BCUT2D eigenvalue weighted by molar-refractivity contribution is -0.176. The summed E-state index contributed by atoms with van der Waals surface area (Å²) in [5.41, 5.74) is 3.05. The van der Waals surface area contributed by atoms with Gasteiger partial charge >= 0.3 is 0 Å². The molecule has 2 fully saturated rings. The molecule has 2 aromatic heterocycles. The maximum Gasteiger partial charge on any atom is 0.265 e. The van der Waals surface area contributed by atoms with Crippen molar-refractivity contribution in [1.82, 2.24) is 15.0 Å². The standard InChI is InChI=1S/C20H25N3O3S/c1-4-5-6-16-15(14(3)26-22-16)7-8-17-21-13(2)18(27-17)19(24)23-9-20(10-23)11-25-12-20/h7-8H,4-6,9-12H2,1-3H3/b8-7+. The molecule has 0 atom stereocenters. The van der Waals surface area contributed by atoms with Crippen LogP contribution in [0.15, 0.2) is 4.52 Å². The predicted molar refractivity (Wildman–Crippen MR) is 105 cm³/mol. The van der Waals surface area contributed by atoms with E-state index in [-0.39, 0.29) is 11.3 Å². The van der Waals surface area contributed by atoms with Crippen molar-refractivity contribution in [3.8, 4) is 0 Å². The van der Waals surface area contributed by atoms with Gasteiger partial charge in [0.15, 0.2) is 0 Å². The largest absolute Gasteiger partial charge is 0.380 e. The number of aromatic nitrogens is 2. The molecule has 0 aromatic carbocycles. The topological polar surface area (TPSA) is 68.5 Å². The zero-order valence-electron chi connectivity index (χ0n) is 16.1. The van der Waals surface area contributed by atoms with E-state index in [1.165, 1.54) is 11.3 Å². The van der Waals surface area contributed by atoms with Crippen LogP contribution < -0.4 is 0 Å². The maximum atomic E-state index is 12.8. The van der Waals surface area contributed by atoms with E-state index < -0.39 is 0 Å². The van der Waals surface area contributed by atoms with E-state index in [2.05, 4.69) is 17.1 Å². The molecule has 0 aliphatic carbocycles. The number of thiazole rings is 1. The van der Waals surface area contributed by atoms with Crippen LogP contribution in [-0.2, 0) is 11.2 Å². The fourth-order valence-electron chi connectivity index (χ4n) is 3.63. The highest BCUT2D eigenvalue weighted by molar-refractivity contribution is 7.14. The molecule has 6 nitrogen and oxygen atoms in total. The highest BCUT2D eigenvalue weighted by Crippen LogP contribution is 2.39. The van der Waals surface area contributed by atoms with Gasteiger partial charge in [-0.3, -0.25) is 4.79 Å². The quantitative estimate of drug-likeness (QED) is 0.755. The van der Waals surface area contributed by atoms with Crippen LogP contribution in [0.1, 0.15) is 57.2 Å². The summed E-state index contributed by atoms with van der Waals surface area (Å²) in [5, 5.41) is 5.00. The van der Waals surface area contributed by atoms with Crippen molar-refractivity contribution in [2.45, 2.75) is 40.0 Å². The number of carbonyl (C=O) groups is 1. The molecule has 0 bridgehead atoms. The van der Waals surface area contributed by atoms with Crippen LogP contribution in [0.3, 0.4) is 0 Å². The zero-order valence-corrected chi connectivity index (χ0v) is 16.9. The number of rotatable bonds is 6. The van der Waals surface area contributed by atoms with Gasteiger partial charge in [-0.2, -0.15) is 0 Å². The van der Waals surface area contributed by atoms with Crippen LogP contribution in [0.5, 0.6) is 0 Å². The van der Waals surface area contributed by atoms with Gasteiger partial charge in [0, 0.05) is 18.7 Å². The monoisotopic (exact) mass is 387 g/mol. The van der Waals surface area contributed by atoms with Crippen molar-refractivity contribution in [2.75, 3.05) is 26.3 Å². The highest BCUT2D eigenvalue weighted by Gasteiger charge is 2.51. The first kappa shape index (κ1) is 18.4. The molecule has 0 N–H and O–H groups in total. The fourth-order valence-corrected chi connectivity index (χ4v) is 4.57. The second-order valence-corrected chi connectivity index (χ2v) is 8.69. The number of unbranched alkanes of at least 4 members (excludes halogenated alkanes) is 1. The van der Waals surface area contributed by atoms with E-state index in [0.29, 0.717) is 0 Å². The van der Waals surface area contributed by atoms with Gasteiger partial charge in [-0.25, -0.2) is 4.98 Å². The number of ether oxygens (including phenoxy) is 1. The molecule has 4 rings (SSSR count). The van der Waals surface area contributed by atoms with Crippen molar-refractivity contribution >= 4 is 29.4 Å². The minimum atomic E-state index is 0.0898. The first-order valence-electron chi connectivity index (χ1n) is 9.49. The van der Waals surface area contributed by atoms with Crippen LogP contribution in [0.25, 0.3) is 12.2 Å². The van der Waals surface area contributed by atoms with E-state index in [9.17, 15) is 4.79 Å². The first-order valence-corrected chi connectivity index (χ1v) is 10.3. The summed E-state index contributed by atoms with van der Waals surface area (Å²) >= 11 is 1.45. The Bertz CT molecular complexity index is 871. The summed E-state index contributed by atoms with van der Waals surface area (Å²) in [6.45, 7) is 9.16. The van der Waals surface area contributed by atoms with E-state index in [4.69, 9.17) is 9.26 Å². The molecule has 0 radical (unpaired) electrons. The van der Waals surface area contributed by atoms with Gasteiger partial charge in [0.25, 0.3) is 5.91 Å². The minimum Gasteiger partial charge on any atom is -0.380 e. The number of hydrogen-bond donors (Lipinski definition) is 0. The molecule has 27 heavy (non-hydrogen) atoms. The lowest BCUT2D eigenvalue weighted by Gasteiger charge is -2.54. The Balaban J connectivity index is 1.46. The molecule has 1 amide bonds. The van der Waals surface area contributed by atoms with Crippen molar-refractivity contribution in [1.29, 1.82) is 0 Å². The lowest BCUT2D eigenvalue weighted by atomic mass is 9.78. The molecule has 4 heterocycles. The van der Waals surface area contributed by atoms with Crippen LogP contribution in [-0.4, -0.2) is 47.3 Å². The van der Waals surface area contributed by atoms with E-state index in [1.807, 2.05) is 30.9 Å². The van der Waals surface area contributed by atoms with Crippen LogP contribution in [0.2, 0.25) is 0 Å². The molecule has 0 unspecified atom stereocenters. The van der Waals surface area contributed by atoms with Crippen molar-refractivity contribution in [3.05, 3.63) is 32.6 Å². The van der Waals surface area contributed by atoms with Crippen LogP contribution in [0.4, 0.5) is 0 Å². The number of nitrogens with zero attached hydrogens (tertiary/aromatic N) is 3. The van der Waals surface area contributed by atoms with E-state index in [1.54, 1.807) is 0 Å². The van der Waals surface area contributed by atoms with Gasteiger partial charge < -0.3 is 14.2 Å². The summed E-state index contributed by atoms with van der Waals surface area (Å²) < 4.78 is 10.6. The molecule has 2 aliphatic heterocycles. The average Bonchev–Trinajstić information content (AvgIpc) is 3.11. The summed E-state index contributed by atoms with van der Waals surface area (Å²) in [7, 11) is 0. The van der Waals surface area contributed by atoms with Crippen molar-refractivity contribution in [3.63, 3.8) is 0 Å². The van der Waals surface area contributed by atoms with Gasteiger partial charge in [0.05, 0.1) is 30.0 Å². The third-order valence-electron chi connectivity index (χ3n) is 5.31. The second kappa shape index (κ2) is 7.20. The Morgan fingerprint density at radius 2 is 2.07 bits per heavy atom. The molecule has 144 valence electrons. The SMILES string of the molecule is CCCCc1noc(C)c1/C=C/c1nc(C)c(C(=O)N2CC3(COC3)C2)s1. The molecule has 2 aliphatic rings.